The zero-order valence-corrected chi connectivity index (χ0v) is 8.48. The van der Waals surface area contributed by atoms with E-state index in [2.05, 4.69) is 19.4 Å². The highest BCUT2D eigenvalue weighted by atomic mass is 32.1. The van der Waals surface area contributed by atoms with Gasteiger partial charge in [-0.2, -0.15) is 14.3 Å². The van der Waals surface area contributed by atoms with Crippen molar-refractivity contribution in [3.8, 4) is 11.2 Å². The van der Waals surface area contributed by atoms with Crippen LogP contribution in [0.5, 0.6) is 0 Å². The minimum atomic E-state index is 0.151. The van der Waals surface area contributed by atoms with E-state index in [0.29, 0.717) is 11.0 Å². The molecule has 7 heteroatoms. The Hall–Kier alpha value is -1.81. The molecular weight excluding hydrogens is 212 g/mol. The van der Waals surface area contributed by atoms with Gasteiger partial charge in [0.05, 0.1) is 0 Å². The molecule has 1 saturated carbocycles. The second kappa shape index (κ2) is 3.10. The molecular formula is C8H6N6S. The summed E-state index contributed by atoms with van der Waals surface area (Å²) in [6.45, 7) is 0. The number of aromatic nitrogens is 5. The van der Waals surface area contributed by atoms with Crippen LogP contribution in [-0.2, 0) is 0 Å². The Morgan fingerprint density at radius 3 is 3.07 bits per heavy atom. The molecule has 0 saturated heterocycles. The molecule has 0 N–H and O–H groups in total. The molecule has 0 amide bonds. The van der Waals surface area contributed by atoms with Crippen molar-refractivity contribution in [3.05, 3.63) is 18.0 Å². The summed E-state index contributed by atoms with van der Waals surface area (Å²) in [5, 5.41) is 13.2. The Morgan fingerprint density at radius 1 is 1.53 bits per heavy atom. The van der Waals surface area contributed by atoms with Crippen molar-refractivity contribution in [1.82, 2.24) is 24.1 Å². The van der Waals surface area contributed by atoms with Gasteiger partial charge >= 0.3 is 0 Å². The fraction of sp³-hybridized carbons (Fsp3) is 0.375. The van der Waals surface area contributed by atoms with E-state index in [-0.39, 0.29) is 5.82 Å². The van der Waals surface area contributed by atoms with Crippen LogP contribution in [0.1, 0.15) is 30.4 Å². The molecule has 1 fully saturated rings. The van der Waals surface area contributed by atoms with E-state index in [9.17, 15) is 0 Å². The van der Waals surface area contributed by atoms with E-state index in [4.69, 9.17) is 5.26 Å². The van der Waals surface area contributed by atoms with Crippen molar-refractivity contribution in [2.24, 2.45) is 0 Å². The Morgan fingerprint density at radius 2 is 2.40 bits per heavy atom. The molecule has 0 aliphatic heterocycles. The maximum atomic E-state index is 8.58. The fourth-order valence-electron chi connectivity index (χ4n) is 1.23. The predicted octanol–water partition coefficient (Wildman–Crippen LogP) is 0.868. The van der Waals surface area contributed by atoms with Crippen molar-refractivity contribution in [1.29, 1.82) is 5.26 Å². The van der Waals surface area contributed by atoms with Gasteiger partial charge < -0.3 is 0 Å². The first-order chi connectivity index (χ1) is 7.36. The van der Waals surface area contributed by atoms with E-state index < -0.39 is 0 Å². The Balaban J connectivity index is 1.94. The van der Waals surface area contributed by atoms with Crippen LogP contribution in [-0.4, -0.2) is 24.1 Å². The van der Waals surface area contributed by atoms with Crippen molar-refractivity contribution in [2.45, 2.75) is 18.8 Å². The first-order valence-corrected chi connectivity index (χ1v) is 5.30. The summed E-state index contributed by atoms with van der Waals surface area (Å²) < 4.78 is 5.74. The first-order valence-electron chi connectivity index (χ1n) is 4.52. The summed E-state index contributed by atoms with van der Waals surface area (Å²) in [6.07, 6.45) is 3.84. The van der Waals surface area contributed by atoms with Crippen molar-refractivity contribution < 1.29 is 0 Å². The minimum absolute atomic E-state index is 0.151. The molecule has 0 aromatic carbocycles. The van der Waals surface area contributed by atoms with Gasteiger partial charge in [0, 0.05) is 17.5 Å². The van der Waals surface area contributed by atoms with Crippen molar-refractivity contribution in [3.63, 3.8) is 0 Å². The Bertz CT molecular complexity index is 531. The van der Waals surface area contributed by atoms with Crippen LogP contribution < -0.4 is 0 Å². The third-order valence-electron chi connectivity index (χ3n) is 2.16. The van der Waals surface area contributed by atoms with Crippen molar-refractivity contribution >= 4 is 11.5 Å². The molecule has 6 nitrogen and oxygen atoms in total. The molecule has 0 unspecified atom stereocenters. The molecule has 0 radical (unpaired) electrons. The molecule has 1 aliphatic carbocycles. The standard InChI is InChI=1S/C8H6N6S/c9-3-6-10-4-14(12-6)8-11-7(13-15-8)5-1-2-5/h4-5H,1-2H2. The minimum Gasteiger partial charge on any atom is -0.206 e. The van der Waals surface area contributed by atoms with Gasteiger partial charge in [0.25, 0.3) is 5.82 Å². The average molecular weight is 218 g/mol. The second-order valence-electron chi connectivity index (χ2n) is 3.33. The molecule has 2 aromatic rings. The molecule has 0 atom stereocenters. The van der Waals surface area contributed by atoms with E-state index >= 15 is 0 Å². The maximum absolute atomic E-state index is 8.58. The number of rotatable bonds is 2. The lowest BCUT2D eigenvalue weighted by molar-refractivity contribution is 0.846. The van der Waals surface area contributed by atoms with E-state index in [1.54, 1.807) is 0 Å². The highest BCUT2D eigenvalue weighted by molar-refractivity contribution is 7.08. The van der Waals surface area contributed by atoms with Crippen LogP contribution in [0.25, 0.3) is 5.13 Å². The van der Waals surface area contributed by atoms with Crippen LogP contribution in [0, 0.1) is 11.3 Å². The zero-order valence-electron chi connectivity index (χ0n) is 7.66. The average Bonchev–Trinajstić information content (AvgIpc) is 2.84. The lowest BCUT2D eigenvalue weighted by atomic mass is 10.4. The van der Waals surface area contributed by atoms with Gasteiger partial charge in [-0.1, -0.05) is 0 Å². The highest BCUT2D eigenvalue weighted by Gasteiger charge is 2.28. The molecule has 74 valence electrons. The van der Waals surface area contributed by atoms with Crippen LogP contribution in [0.4, 0.5) is 0 Å². The smallest absolute Gasteiger partial charge is 0.206 e. The highest BCUT2D eigenvalue weighted by Crippen LogP contribution is 2.38. The first kappa shape index (κ1) is 8.49. The van der Waals surface area contributed by atoms with Crippen LogP contribution in [0.3, 0.4) is 0 Å². The SMILES string of the molecule is N#Cc1ncn(-c2nc(C3CC3)ns2)n1. The van der Waals surface area contributed by atoms with Gasteiger partial charge in [-0.05, 0) is 12.8 Å². The van der Waals surface area contributed by atoms with Gasteiger partial charge in [0.1, 0.15) is 18.2 Å². The summed E-state index contributed by atoms with van der Waals surface area (Å²) in [6, 6.07) is 1.87. The lowest BCUT2D eigenvalue weighted by Crippen LogP contribution is -1.94. The summed E-state index contributed by atoms with van der Waals surface area (Å²) in [5.74, 6) is 1.58. The van der Waals surface area contributed by atoms with Gasteiger partial charge in [0.15, 0.2) is 0 Å². The molecule has 15 heavy (non-hydrogen) atoms. The van der Waals surface area contributed by atoms with Crippen LogP contribution in [0.2, 0.25) is 0 Å². The third-order valence-corrected chi connectivity index (χ3v) is 2.88. The molecule has 3 rings (SSSR count). The lowest BCUT2D eigenvalue weighted by Gasteiger charge is -1.88. The quantitative estimate of drug-likeness (QED) is 0.747. The van der Waals surface area contributed by atoms with Gasteiger partial charge in [0.2, 0.25) is 5.13 Å². The monoisotopic (exact) mass is 218 g/mol. The topological polar surface area (TPSA) is 80.3 Å². The van der Waals surface area contributed by atoms with E-state index in [0.717, 1.165) is 5.82 Å². The normalized spacial score (nSPS) is 15.1. The second-order valence-corrected chi connectivity index (χ2v) is 4.06. The van der Waals surface area contributed by atoms with Gasteiger partial charge in [-0.15, -0.1) is 5.10 Å². The number of hydrogen-bond acceptors (Lipinski definition) is 6. The van der Waals surface area contributed by atoms with E-state index in [1.165, 1.54) is 35.4 Å². The van der Waals surface area contributed by atoms with E-state index in [1.807, 2.05) is 6.07 Å². The van der Waals surface area contributed by atoms with Gasteiger partial charge in [-0.25, -0.2) is 9.97 Å². The zero-order chi connectivity index (χ0) is 10.3. The molecule has 2 aromatic heterocycles. The van der Waals surface area contributed by atoms with Crippen LogP contribution >= 0.6 is 11.5 Å². The van der Waals surface area contributed by atoms with Crippen molar-refractivity contribution in [2.75, 3.05) is 0 Å². The summed E-state index contributed by atoms with van der Waals surface area (Å²) in [4.78, 5) is 8.16. The van der Waals surface area contributed by atoms with Crippen LogP contribution in [0.15, 0.2) is 6.33 Å². The Labute approximate surface area is 89.4 Å². The fourth-order valence-corrected chi connectivity index (χ4v) is 1.90. The maximum Gasteiger partial charge on any atom is 0.252 e. The number of hydrogen-bond donors (Lipinski definition) is 0. The number of nitrogens with zero attached hydrogens (tertiary/aromatic N) is 6. The molecule has 1 aliphatic rings. The summed E-state index contributed by atoms with van der Waals surface area (Å²) >= 11 is 1.28. The summed E-state index contributed by atoms with van der Waals surface area (Å²) in [5.41, 5.74) is 0. The molecule has 2 heterocycles. The third kappa shape index (κ3) is 1.49. The van der Waals surface area contributed by atoms with Gasteiger partial charge in [-0.3, -0.25) is 0 Å². The predicted molar refractivity (Wildman–Crippen MR) is 51.5 cm³/mol. The molecule has 0 spiro atoms. The Kier molecular flexibility index (Phi) is 1.76. The summed E-state index contributed by atoms with van der Waals surface area (Å²) in [7, 11) is 0. The molecule has 0 bridgehead atoms. The largest absolute Gasteiger partial charge is 0.252 e. The number of nitriles is 1.